The van der Waals surface area contributed by atoms with Gasteiger partial charge in [0.05, 0.1) is 23.4 Å². The van der Waals surface area contributed by atoms with Crippen molar-refractivity contribution in [2.24, 2.45) is 11.8 Å². The van der Waals surface area contributed by atoms with E-state index in [4.69, 9.17) is 0 Å². The highest BCUT2D eigenvalue weighted by Crippen LogP contribution is 2.57. The number of amides is 2. The maximum absolute atomic E-state index is 13.1. The fourth-order valence-corrected chi connectivity index (χ4v) is 5.22. The van der Waals surface area contributed by atoms with Crippen molar-refractivity contribution in [2.45, 2.75) is 18.3 Å². The number of nitrogens with zero attached hydrogens (tertiary/aromatic N) is 1. The van der Waals surface area contributed by atoms with Crippen molar-refractivity contribution in [1.82, 2.24) is 0 Å². The molecule has 6 rings (SSSR count). The van der Waals surface area contributed by atoms with E-state index in [-0.39, 0.29) is 23.5 Å². The molecule has 2 aromatic carbocycles. The van der Waals surface area contributed by atoms with Crippen molar-refractivity contribution < 1.29 is 14.4 Å². The second kappa shape index (κ2) is 5.11. The Labute approximate surface area is 153 Å². The van der Waals surface area contributed by atoms with Gasteiger partial charge in [0.2, 0.25) is 11.8 Å². The van der Waals surface area contributed by atoms with Crippen molar-refractivity contribution >= 4 is 39.2 Å². The van der Waals surface area contributed by atoms with E-state index >= 15 is 0 Å². The van der Waals surface area contributed by atoms with E-state index in [0.29, 0.717) is 12.1 Å². The molecule has 3 aliphatic carbocycles. The molecule has 2 fully saturated rings. The zero-order valence-electron chi connectivity index (χ0n) is 13.2. The van der Waals surface area contributed by atoms with E-state index in [1.54, 1.807) is 18.2 Å². The molecule has 124 valence electrons. The summed E-state index contributed by atoms with van der Waals surface area (Å²) < 4.78 is 0.808. The van der Waals surface area contributed by atoms with E-state index in [1.807, 2.05) is 30.3 Å². The molecule has 1 aliphatic heterocycles. The van der Waals surface area contributed by atoms with Crippen LogP contribution in [0.25, 0.3) is 0 Å². The average Bonchev–Trinajstić information content (AvgIpc) is 2.87. The number of Topliss-reactive ketones (excluding diaryl/α,β-unsaturated/α-hetero) is 1. The van der Waals surface area contributed by atoms with Crippen LogP contribution < -0.4 is 4.90 Å². The van der Waals surface area contributed by atoms with Crippen molar-refractivity contribution in [1.29, 1.82) is 0 Å². The Morgan fingerprint density at radius 2 is 1.60 bits per heavy atom. The number of halogens is 1. The van der Waals surface area contributed by atoms with E-state index in [2.05, 4.69) is 15.9 Å². The van der Waals surface area contributed by atoms with Crippen LogP contribution >= 0.6 is 15.9 Å². The second-order valence-electron chi connectivity index (χ2n) is 6.93. The van der Waals surface area contributed by atoms with Crippen molar-refractivity contribution in [3.8, 4) is 0 Å². The fourth-order valence-electron chi connectivity index (χ4n) is 4.83. The summed E-state index contributed by atoms with van der Waals surface area (Å²) in [4.78, 5) is 40.2. The number of fused-ring (bicyclic) bond motifs is 1. The van der Waals surface area contributed by atoms with E-state index in [9.17, 15) is 14.4 Å². The highest BCUT2D eigenvalue weighted by atomic mass is 79.9. The third kappa shape index (κ3) is 1.90. The highest BCUT2D eigenvalue weighted by Gasteiger charge is 2.62. The lowest BCUT2D eigenvalue weighted by Crippen LogP contribution is -2.44. The Bertz CT molecular complexity index is 953. The van der Waals surface area contributed by atoms with Crippen molar-refractivity contribution in [2.75, 3.05) is 4.90 Å². The summed E-state index contributed by atoms with van der Waals surface area (Å²) in [7, 11) is 0. The molecule has 5 heteroatoms. The molecule has 0 aromatic heterocycles. The number of ketones is 1. The summed E-state index contributed by atoms with van der Waals surface area (Å²) in [5, 5.41) is 0. The zero-order valence-corrected chi connectivity index (χ0v) is 14.8. The molecule has 4 atom stereocenters. The van der Waals surface area contributed by atoms with Crippen LogP contribution in [0.1, 0.15) is 29.4 Å². The minimum Gasteiger partial charge on any atom is -0.299 e. The van der Waals surface area contributed by atoms with Gasteiger partial charge in [0.15, 0.2) is 0 Å². The van der Waals surface area contributed by atoms with Gasteiger partial charge in [-0.15, -0.1) is 0 Å². The number of carbonyl (C=O) groups excluding carboxylic acids is 3. The average molecular weight is 396 g/mol. The summed E-state index contributed by atoms with van der Waals surface area (Å²) in [5.41, 5.74) is 2.56. The van der Waals surface area contributed by atoms with Crippen LogP contribution in [-0.2, 0) is 14.4 Å². The predicted molar refractivity (Wildman–Crippen MR) is 95.2 cm³/mol. The smallest absolute Gasteiger partial charge is 0.238 e. The Kier molecular flexibility index (Phi) is 3.07. The maximum Gasteiger partial charge on any atom is 0.238 e. The molecule has 1 saturated heterocycles. The molecule has 25 heavy (non-hydrogen) atoms. The minimum absolute atomic E-state index is 0.0854. The van der Waals surface area contributed by atoms with Gasteiger partial charge in [-0.1, -0.05) is 46.3 Å². The van der Waals surface area contributed by atoms with Gasteiger partial charge in [-0.3, -0.25) is 14.4 Å². The molecule has 2 amide bonds. The van der Waals surface area contributed by atoms with E-state index in [1.165, 1.54) is 4.90 Å². The van der Waals surface area contributed by atoms with E-state index < -0.39 is 17.8 Å². The maximum atomic E-state index is 13.1. The predicted octanol–water partition coefficient (Wildman–Crippen LogP) is 3.41. The standard InChI is InChI=1S/C20H14BrNO3/c21-10-4-3-5-11(8-10)22-19(24)17-14-9-15(23)16(18(17)20(22)25)13-7-2-1-6-12(13)14/h1-8,14,16-18H,9H2/t14-,16+,17+,18-/m0/s1. The number of hydrogen-bond donors (Lipinski definition) is 0. The summed E-state index contributed by atoms with van der Waals surface area (Å²) in [6.45, 7) is 0. The van der Waals surface area contributed by atoms with Crippen molar-refractivity contribution in [3.63, 3.8) is 0 Å². The zero-order chi connectivity index (χ0) is 17.3. The fraction of sp³-hybridized carbons (Fsp3) is 0.250. The molecule has 0 radical (unpaired) electrons. The van der Waals surface area contributed by atoms with Gasteiger partial charge in [-0.05, 0) is 29.3 Å². The molecule has 1 heterocycles. The number of carbonyl (C=O) groups is 3. The molecule has 0 spiro atoms. The van der Waals surface area contributed by atoms with Gasteiger partial charge >= 0.3 is 0 Å². The molecule has 0 N–H and O–H groups in total. The van der Waals surface area contributed by atoms with Crippen LogP contribution in [0.3, 0.4) is 0 Å². The first kappa shape index (κ1) is 15.0. The van der Waals surface area contributed by atoms with Gasteiger partial charge in [0.25, 0.3) is 0 Å². The second-order valence-corrected chi connectivity index (χ2v) is 7.84. The Balaban J connectivity index is 1.66. The van der Waals surface area contributed by atoms with Crippen LogP contribution in [0.2, 0.25) is 0 Å². The first-order valence-electron chi connectivity index (χ1n) is 8.33. The first-order chi connectivity index (χ1) is 12.1. The third-order valence-electron chi connectivity index (χ3n) is 5.76. The molecular formula is C20H14BrNO3. The first-order valence-corrected chi connectivity index (χ1v) is 9.12. The quantitative estimate of drug-likeness (QED) is 0.695. The number of benzene rings is 2. The van der Waals surface area contributed by atoms with Crippen molar-refractivity contribution in [3.05, 3.63) is 64.1 Å². The SMILES string of the molecule is O=C1C[C@H]2c3ccccc3[C@H]1[C@@H]1C(=O)N(c3cccc(Br)c3)C(=O)[C@@H]12. The van der Waals surface area contributed by atoms with Crippen LogP contribution in [0, 0.1) is 11.8 Å². The minimum atomic E-state index is -0.562. The lowest BCUT2D eigenvalue weighted by molar-refractivity contribution is -0.134. The molecule has 4 aliphatic rings. The highest BCUT2D eigenvalue weighted by molar-refractivity contribution is 9.10. The number of hydrogen-bond acceptors (Lipinski definition) is 3. The summed E-state index contributed by atoms with van der Waals surface area (Å²) in [6, 6.07) is 14.9. The number of imide groups is 1. The summed E-state index contributed by atoms with van der Waals surface area (Å²) in [6.07, 6.45) is 0.355. The Hall–Kier alpha value is -2.27. The van der Waals surface area contributed by atoms with Crippen LogP contribution in [0.4, 0.5) is 5.69 Å². The number of rotatable bonds is 1. The third-order valence-corrected chi connectivity index (χ3v) is 6.25. The Morgan fingerprint density at radius 3 is 2.36 bits per heavy atom. The van der Waals surface area contributed by atoms with Gasteiger partial charge in [-0.25, -0.2) is 4.90 Å². The summed E-state index contributed by atoms with van der Waals surface area (Å²) >= 11 is 3.39. The van der Waals surface area contributed by atoms with Crippen LogP contribution in [0.5, 0.6) is 0 Å². The Morgan fingerprint density at radius 1 is 0.880 bits per heavy atom. The number of anilines is 1. The molecule has 2 aromatic rings. The van der Waals surface area contributed by atoms with Gasteiger partial charge in [0, 0.05) is 16.8 Å². The summed E-state index contributed by atoms with van der Waals surface area (Å²) in [5.74, 6) is -2.00. The van der Waals surface area contributed by atoms with Gasteiger partial charge in [0.1, 0.15) is 5.78 Å². The molecular weight excluding hydrogens is 382 g/mol. The lowest BCUT2D eigenvalue weighted by Gasteiger charge is -2.43. The largest absolute Gasteiger partial charge is 0.299 e. The molecule has 2 bridgehead atoms. The molecule has 4 nitrogen and oxygen atoms in total. The topological polar surface area (TPSA) is 54.5 Å². The van der Waals surface area contributed by atoms with Crippen LogP contribution in [-0.4, -0.2) is 17.6 Å². The van der Waals surface area contributed by atoms with Crippen LogP contribution in [0.15, 0.2) is 53.0 Å². The van der Waals surface area contributed by atoms with Gasteiger partial charge < -0.3 is 0 Å². The molecule has 0 unspecified atom stereocenters. The molecule has 1 saturated carbocycles. The lowest BCUT2D eigenvalue weighted by atomic mass is 9.56. The van der Waals surface area contributed by atoms with E-state index in [0.717, 1.165) is 15.6 Å². The normalized spacial score (nSPS) is 29.8. The monoisotopic (exact) mass is 395 g/mol. The van der Waals surface area contributed by atoms with Gasteiger partial charge in [-0.2, -0.15) is 0 Å².